The lowest BCUT2D eigenvalue weighted by Gasteiger charge is -2.32. The average Bonchev–Trinajstić information content (AvgIpc) is 3.37. The second-order valence-corrected chi connectivity index (χ2v) is 8.77. The molecule has 0 radical (unpaired) electrons. The Labute approximate surface area is 191 Å². The molecule has 2 amide bonds. The van der Waals surface area contributed by atoms with Crippen LogP contribution >= 0.6 is 11.3 Å². The van der Waals surface area contributed by atoms with E-state index in [1.165, 1.54) is 11.3 Å². The van der Waals surface area contributed by atoms with Crippen molar-refractivity contribution in [3.8, 4) is 0 Å². The maximum Gasteiger partial charge on any atom is 0.253 e. The van der Waals surface area contributed by atoms with Gasteiger partial charge in [-0.05, 0) is 42.3 Å². The number of hydrogen-bond donors (Lipinski definition) is 1. The number of nitrogens with zero attached hydrogens (tertiary/aromatic N) is 2. The van der Waals surface area contributed by atoms with Crippen molar-refractivity contribution in [1.29, 1.82) is 0 Å². The molecule has 1 aromatic heterocycles. The van der Waals surface area contributed by atoms with E-state index in [9.17, 15) is 14.4 Å². The molecule has 3 aromatic rings. The molecule has 0 aliphatic carbocycles. The van der Waals surface area contributed by atoms with Gasteiger partial charge in [0.1, 0.15) is 0 Å². The third-order valence-electron chi connectivity index (χ3n) is 5.61. The van der Waals surface area contributed by atoms with Crippen molar-refractivity contribution in [3.05, 3.63) is 93.2 Å². The number of hydrogen-bond acceptors (Lipinski definition) is 5. The van der Waals surface area contributed by atoms with E-state index < -0.39 is 0 Å². The maximum absolute atomic E-state index is 12.8. The topological polar surface area (TPSA) is 69.7 Å². The molecule has 1 aliphatic heterocycles. The molecule has 0 unspecified atom stereocenters. The van der Waals surface area contributed by atoms with Gasteiger partial charge < -0.3 is 15.1 Å². The Kier molecular flexibility index (Phi) is 6.78. The molecule has 6 nitrogen and oxygen atoms in total. The number of ketones is 1. The van der Waals surface area contributed by atoms with Crippen LogP contribution in [0.5, 0.6) is 0 Å². The molecule has 164 valence electrons. The Morgan fingerprint density at radius 3 is 2.22 bits per heavy atom. The van der Waals surface area contributed by atoms with Crippen molar-refractivity contribution in [2.24, 2.45) is 0 Å². The van der Waals surface area contributed by atoms with Gasteiger partial charge in [-0.3, -0.25) is 14.4 Å². The van der Waals surface area contributed by atoms with Gasteiger partial charge in [0, 0.05) is 43.9 Å². The number of carbonyl (C=O) groups excluding carboxylic acids is 3. The highest BCUT2D eigenvalue weighted by Gasteiger charge is 2.21. The van der Waals surface area contributed by atoms with Gasteiger partial charge in [0.15, 0.2) is 0 Å². The van der Waals surface area contributed by atoms with E-state index in [1.54, 1.807) is 42.5 Å². The molecular formula is C25H25N3O3S. The number of carbonyl (C=O) groups is 3. The van der Waals surface area contributed by atoms with Crippen LogP contribution < -0.4 is 5.32 Å². The number of likely N-dealkylation sites (N-methyl/N-ethyl adjacent to an activating group) is 1. The smallest absolute Gasteiger partial charge is 0.253 e. The number of nitrogens with one attached hydrogen (secondary N) is 1. The summed E-state index contributed by atoms with van der Waals surface area (Å²) in [4.78, 5) is 42.9. The fraction of sp³-hybridized carbons (Fsp3) is 0.240. The number of rotatable bonds is 6. The van der Waals surface area contributed by atoms with Crippen LogP contribution in [0.3, 0.4) is 0 Å². The van der Waals surface area contributed by atoms with Gasteiger partial charge in [0.2, 0.25) is 5.78 Å². The predicted molar refractivity (Wildman–Crippen MR) is 125 cm³/mol. The molecule has 0 saturated carbocycles. The zero-order valence-corrected chi connectivity index (χ0v) is 18.7. The summed E-state index contributed by atoms with van der Waals surface area (Å²) in [5.41, 5.74) is 2.28. The molecular weight excluding hydrogens is 422 g/mol. The Morgan fingerprint density at radius 2 is 1.56 bits per heavy atom. The molecule has 4 rings (SSSR count). The van der Waals surface area contributed by atoms with Crippen LogP contribution in [0.25, 0.3) is 0 Å². The molecule has 32 heavy (non-hydrogen) atoms. The second kappa shape index (κ2) is 9.89. The van der Waals surface area contributed by atoms with Gasteiger partial charge in [0.25, 0.3) is 11.8 Å². The summed E-state index contributed by atoms with van der Waals surface area (Å²) in [6, 6.07) is 17.7. The van der Waals surface area contributed by atoms with Crippen molar-refractivity contribution in [2.75, 3.05) is 33.2 Å². The first-order valence-electron chi connectivity index (χ1n) is 10.5. The molecule has 1 fully saturated rings. The average molecular weight is 448 g/mol. The van der Waals surface area contributed by atoms with E-state index in [4.69, 9.17) is 0 Å². The van der Waals surface area contributed by atoms with Gasteiger partial charge >= 0.3 is 0 Å². The number of thiophene rings is 1. The highest BCUT2D eigenvalue weighted by molar-refractivity contribution is 7.12. The summed E-state index contributed by atoms with van der Waals surface area (Å²) in [6.45, 7) is 3.54. The van der Waals surface area contributed by atoms with Crippen LogP contribution in [-0.4, -0.2) is 60.6 Å². The number of amides is 2. The van der Waals surface area contributed by atoms with Crippen LogP contribution in [0.2, 0.25) is 0 Å². The van der Waals surface area contributed by atoms with E-state index in [1.807, 2.05) is 28.5 Å². The Morgan fingerprint density at radius 1 is 0.875 bits per heavy atom. The molecule has 1 saturated heterocycles. The van der Waals surface area contributed by atoms with Crippen LogP contribution in [0.15, 0.2) is 66.0 Å². The molecule has 2 heterocycles. The fourth-order valence-electron chi connectivity index (χ4n) is 3.65. The Bertz CT molecular complexity index is 1100. The SMILES string of the molecule is CN1CCN(C(=O)c2ccc(CNC(=O)c3ccccc3C(=O)c3cccs3)cc2)CC1. The standard InChI is InChI=1S/C25H25N3O3S/c1-27-12-14-28(15-13-27)25(31)19-10-8-18(9-11-19)17-26-24(30)21-6-3-2-5-20(21)23(29)22-7-4-16-32-22/h2-11,16H,12-15,17H2,1H3,(H,26,30). The first-order valence-corrected chi connectivity index (χ1v) is 11.4. The molecule has 7 heteroatoms. The summed E-state index contributed by atoms with van der Waals surface area (Å²) in [7, 11) is 2.06. The first kappa shape index (κ1) is 21.9. The van der Waals surface area contributed by atoms with Crippen molar-refractivity contribution >= 4 is 28.9 Å². The minimum Gasteiger partial charge on any atom is -0.348 e. The number of piperazine rings is 1. The summed E-state index contributed by atoms with van der Waals surface area (Å²) in [5, 5.41) is 4.73. The summed E-state index contributed by atoms with van der Waals surface area (Å²) in [6.07, 6.45) is 0. The van der Waals surface area contributed by atoms with Crippen LogP contribution in [0.1, 0.15) is 41.5 Å². The lowest BCUT2D eigenvalue weighted by molar-refractivity contribution is 0.0663. The third kappa shape index (κ3) is 4.95. The van der Waals surface area contributed by atoms with E-state index >= 15 is 0 Å². The number of benzene rings is 2. The highest BCUT2D eigenvalue weighted by Crippen LogP contribution is 2.18. The van der Waals surface area contributed by atoms with Crippen LogP contribution in [-0.2, 0) is 6.54 Å². The van der Waals surface area contributed by atoms with E-state index in [-0.39, 0.29) is 17.6 Å². The summed E-state index contributed by atoms with van der Waals surface area (Å²) in [5.74, 6) is -0.421. The van der Waals surface area contributed by atoms with Crippen molar-refractivity contribution in [1.82, 2.24) is 15.1 Å². The van der Waals surface area contributed by atoms with E-state index in [2.05, 4.69) is 17.3 Å². The largest absolute Gasteiger partial charge is 0.348 e. The maximum atomic E-state index is 12.8. The molecule has 1 aliphatic rings. The molecule has 0 bridgehead atoms. The third-order valence-corrected chi connectivity index (χ3v) is 6.47. The Hall–Kier alpha value is -3.29. The Balaban J connectivity index is 1.39. The quantitative estimate of drug-likeness (QED) is 0.589. The zero-order chi connectivity index (χ0) is 22.5. The second-order valence-electron chi connectivity index (χ2n) is 7.83. The highest BCUT2D eigenvalue weighted by atomic mass is 32.1. The minimum absolute atomic E-state index is 0.0368. The van der Waals surface area contributed by atoms with Crippen molar-refractivity contribution in [3.63, 3.8) is 0 Å². The minimum atomic E-state index is -0.303. The normalized spacial score (nSPS) is 14.2. The molecule has 1 N–H and O–H groups in total. The van der Waals surface area contributed by atoms with Gasteiger partial charge in [0.05, 0.1) is 10.4 Å². The van der Waals surface area contributed by atoms with Crippen LogP contribution in [0, 0.1) is 0 Å². The van der Waals surface area contributed by atoms with E-state index in [0.717, 1.165) is 31.7 Å². The van der Waals surface area contributed by atoms with Gasteiger partial charge in [-0.25, -0.2) is 0 Å². The van der Waals surface area contributed by atoms with Gasteiger partial charge in [-0.1, -0.05) is 36.4 Å². The zero-order valence-electron chi connectivity index (χ0n) is 17.9. The van der Waals surface area contributed by atoms with Gasteiger partial charge in [-0.2, -0.15) is 0 Å². The molecule has 0 atom stereocenters. The fourth-order valence-corrected chi connectivity index (χ4v) is 4.33. The summed E-state index contributed by atoms with van der Waals surface area (Å²) < 4.78 is 0. The molecule has 2 aromatic carbocycles. The van der Waals surface area contributed by atoms with Gasteiger partial charge in [-0.15, -0.1) is 11.3 Å². The lowest BCUT2D eigenvalue weighted by atomic mass is 10.0. The van der Waals surface area contributed by atoms with Crippen LogP contribution in [0.4, 0.5) is 0 Å². The monoisotopic (exact) mass is 447 g/mol. The lowest BCUT2D eigenvalue weighted by Crippen LogP contribution is -2.47. The summed E-state index contributed by atoms with van der Waals surface area (Å²) >= 11 is 1.36. The molecule has 0 spiro atoms. The van der Waals surface area contributed by atoms with E-state index in [0.29, 0.717) is 28.1 Å². The predicted octanol–water partition coefficient (Wildman–Crippen LogP) is 3.30. The van der Waals surface area contributed by atoms with Crippen molar-refractivity contribution < 1.29 is 14.4 Å². The first-order chi connectivity index (χ1) is 15.5. The van der Waals surface area contributed by atoms with Crippen molar-refractivity contribution in [2.45, 2.75) is 6.54 Å².